The Kier molecular flexibility index (Phi) is 6.87. The van der Waals surface area contributed by atoms with Crippen molar-refractivity contribution < 1.29 is 28.6 Å². The van der Waals surface area contributed by atoms with E-state index in [1.54, 1.807) is 48.5 Å². The highest BCUT2D eigenvalue weighted by Crippen LogP contribution is 2.43. The Balaban J connectivity index is 1.83. The number of halogens is 1. The van der Waals surface area contributed by atoms with Crippen LogP contribution in [-0.2, 0) is 9.59 Å². The number of carbonyl (C=O) groups excluding carboxylic acids is 2. The fourth-order valence-electron chi connectivity index (χ4n) is 3.95. The van der Waals surface area contributed by atoms with Gasteiger partial charge in [0.1, 0.15) is 23.1 Å². The molecule has 1 amide bonds. The summed E-state index contributed by atoms with van der Waals surface area (Å²) in [5, 5.41) is 11.2. The van der Waals surface area contributed by atoms with Crippen LogP contribution in [-0.4, -0.2) is 30.5 Å². The molecule has 7 heteroatoms. The molecule has 1 N–H and O–H groups in total. The molecule has 0 aromatic heterocycles. The number of methoxy groups -OCH3 is 1. The Bertz CT molecular complexity index is 1270. The quantitative estimate of drug-likeness (QED) is 0.278. The van der Waals surface area contributed by atoms with Crippen molar-refractivity contribution in [1.82, 2.24) is 0 Å². The van der Waals surface area contributed by atoms with Gasteiger partial charge in [0.25, 0.3) is 11.7 Å². The second-order valence-electron chi connectivity index (χ2n) is 8.65. The molecule has 6 nitrogen and oxygen atoms in total. The molecule has 1 aliphatic rings. The van der Waals surface area contributed by atoms with E-state index in [9.17, 15) is 19.1 Å². The third kappa shape index (κ3) is 4.89. The number of amides is 1. The lowest BCUT2D eigenvalue weighted by Gasteiger charge is -2.25. The summed E-state index contributed by atoms with van der Waals surface area (Å²) >= 11 is 0. The number of carbonyl (C=O) groups is 2. The number of benzene rings is 3. The van der Waals surface area contributed by atoms with Crippen molar-refractivity contribution in [3.8, 4) is 11.5 Å². The van der Waals surface area contributed by atoms with Crippen LogP contribution in [0.25, 0.3) is 5.76 Å². The Labute approximate surface area is 203 Å². The molecule has 1 heterocycles. The van der Waals surface area contributed by atoms with E-state index in [1.807, 2.05) is 13.8 Å². The summed E-state index contributed by atoms with van der Waals surface area (Å²) in [6, 6.07) is 17.9. The molecule has 0 radical (unpaired) electrons. The van der Waals surface area contributed by atoms with Crippen LogP contribution in [0.5, 0.6) is 11.5 Å². The summed E-state index contributed by atoms with van der Waals surface area (Å²) in [4.78, 5) is 27.6. The van der Waals surface area contributed by atoms with Crippen LogP contribution in [0.15, 0.2) is 78.4 Å². The van der Waals surface area contributed by atoms with Gasteiger partial charge < -0.3 is 14.6 Å². The molecular formula is C28H26FNO5. The summed E-state index contributed by atoms with van der Waals surface area (Å²) < 4.78 is 24.6. The molecule has 1 aliphatic heterocycles. The van der Waals surface area contributed by atoms with Crippen LogP contribution in [0.4, 0.5) is 10.1 Å². The lowest BCUT2D eigenvalue weighted by atomic mass is 9.95. The first kappa shape index (κ1) is 24.0. The first-order valence-corrected chi connectivity index (χ1v) is 11.2. The van der Waals surface area contributed by atoms with Crippen molar-refractivity contribution in [2.45, 2.75) is 19.9 Å². The first-order chi connectivity index (χ1) is 16.8. The number of aliphatic hydroxyl groups is 1. The van der Waals surface area contributed by atoms with Crippen LogP contribution in [0.1, 0.15) is 31.0 Å². The van der Waals surface area contributed by atoms with Crippen LogP contribution in [0.3, 0.4) is 0 Å². The molecule has 1 fully saturated rings. The number of aliphatic hydroxyl groups excluding tert-OH is 1. The number of ketones is 1. The average Bonchev–Trinajstić information content (AvgIpc) is 3.13. The van der Waals surface area contributed by atoms with E-state index < -0.39 is 23.5 Å². The fraction of sp³-hybridized carbons (Fsp3) is 0.214. The number of anilines is 1. The molecule has 0 saturated carbocycles. The molecule has 0 aliphatic carbocycles. The number of Topliss-reactive ketones (excluding diaryl/α,β-unsaturated/α-hetero) is 1. The number of nitrogens with zero attached hydrogens (tertiary/aromatic N) is 1. The normalized spacial score (nSPS) is 17.2. The fourth-order valence-corrected chi connectivity index (χ4v) is 3.95. The minimum Gasteiger partial charge on any atom is -0.507 e. The maximum absolute atomic E-state index is 13.6. The second-order valence-corrected chi connectivity index (χ2v) is 8.65. The van der Waals surface area contributed by atoms with E-state index in [0.717, 1.165) is 0 Å². The summed E-state index contributed by atoms with van der Waals surface area (Å²) in [5.74, 6) is -0.916. The molecule has 0 bridgehead atoms. The molecule has 3 aromatic carbocycles. The summed E-state index contributed by atoms with van der Waals surface area (Å²) in [5.41, 5.74) is 1.19. The van der Waals surface area contributed by atoms with Gasteiger partial charge >= 0.3 is 0 Å². The maximum Gasteiger partial charge on any atom is 0.300 e. The topological polar surface area (TPSA) is 76.1 Å². The second kappa shape index (κ2) is 10.0. The smallest absolute Gasteiger partial charge is 0.300 e. The van der Waals surface area contributed by atoms with Gasteiger partial charge in [-0.15, -0.1) is 0 Å². The number of hydrogen-bond acceptors (Lipinski definition) is 5. The van der Waals surface area contributed by atoms with E-state index in [2.05, 4.69) is 0 Å². The molecule has 35 heavy (non-hydrogen) atoms. The summed E-state index contributed by atoms with van der Waals surface area (Å²) in [6.45, 7) is 4.63. The van der Waals surface area contributed by atoms with E-state index in [4.69, 9.17) is 9.47 Å². The molecule has 3 aromatic rings. The average molecular weight is 476 g/mol. The van der Waals surface area contributed by atoms with Gasteiger partial charge in [0.05, 0.1) is 25.3 Å². The minimum atomic E-state index is -0.938. The highest BCUT2D eigenvalue weighted by molar-refractivity contribution is 6.51. The van der Waals surface area contributed by atoms with Crippen molar-refractivity contribution in [2.75, 3.05) is 18.6 Å². The van der Waals surface area contributed by atoms with Crippen molar-refractivity contribution in [1.29, 1.82) is 0 Å². The molecule has 1 saturated heterocycles. The summed E-state index contributed by atoms with van der Waals surface area (Å²) in [7, 11) is 1.51. The van der Waals surface area contributed by atoms with Gasteiger partial charge in [-0.2, -0.15) is 0 Å². The van der Waals surface area contributed by atoms with Gasteiger partial charge in [0, 0.05) is 11.3 Å². The largest absolute Gasteiger partial charge is 0.507 e. The Hall–Kier alpha value is -4.13. The van der Waals surface area contributed by atoms with Gasteiger partial charge in [0.2, 0.25) is 0 Å². The van der Waals surface area contributed by atoms with Gasteiger partial charge in [-0.05, 0) is 72.1 Å². The molecule has 1 unspecified atom stereocenters. The summed E-state index contributed by atoms with van der Waals surface area (Å²) in [6.07, 6.45) is 0. The Morgan fingerprint density at radius 2 is 1.69 bits per heavy atom. The van der Waals surface area contributed by atoms with Crippen molar-refractivity contribution in [3.05, 3.63) is 95.3 Å². The lowest BCUT2D eigenvalue weighted by Crippen LogP contribution is -2.29. The number of hydrogen-bond donors (Lipinski definition) is 1. The van der Waals surface area contributed by atoms with Gasteiger partial charge in [-0.25, -0.2) is 4.39 Å². The zero-order valence-electron chi connectivity index (χ0n) is 19.7. The number of ether oxygens (including phenoxy) is 2. The van der Waals surface area contributed by atoms with Crippen molar-refractivity contribution >= 4 is 23.1 Å². The monoisotopic (exact) mass is 475 g/mol. The predicted octanol–water partition coefficient (Wildman–Crippen LogP) is 5.50. The van der Waals surface area contributed by atoms with E-state index in [0.29, 0.717) is 40.8 Å². The Morgan fingerprint density at radius 1 is 1.00 bits per heavy atom. The Morgan fingerprint density at radius 3 is 2.31 bits per heavy atom. The predicted molar refractivity (Wildman–Crippen MR) is 131 cm³/mol. The van der Waals surface area contributed by atoms with Crippen LogP contribution in [0.2, 0.25) is 0 Å². The van der Waals surface area contributed by atoms with Gasteiger partial charge in [-0.3, -0.25) is 14.5 Å². The molecule has 180 valence electrons. The van der Waals surface area contributed by atoms with Crippen LogP contribution in [0, 0.1) is 11.7 Å². The van der Waals surface area contributed by atoms with Crippen molar-refractivity contribution in [3.63, 3.8) is 0 Å². The SMILES string of the molecule is COc1cccc(C2/C(=C(/O)c3ccc(OCC(C)C)cc3)C(=O)C(=O)N2c2ccc(F)cc2)c1. The van der Waals surface area contributed by atoms with E-state index >= 15 is 0 Å². The number of rotatable bonds is 7. The molecule has 4 rings (SSSR count). The van der Waals surface area contributed by atoms with Gasteiger partial charge in [-0.1, -0.05) is 26.0 Å². The van der Waals surface area contributed by atoms with Crippen LogP contribution < -0.4 is 14.4 Å². The third-order valence-corrected chi connectivity index (χ3v) is 5.67. The van der Waals surface area contributed by atoms with Gasteiger partial charge in [0.15, 0.2) is 0 Å². The van der Waals surface area contributed by atoms with Crippen LogP contribution >= 0.6 is 0 Å². The first-order valence-electron chi connectivity index (χ1n) is 11.2. The minimum absolute atomic E-state index is 0.0663. The van der Waals surface area contributed by atoms with Crippen molar-refractivity contribution in [2.24, 2.45) is 5.92 Å². The maximum atomic E-state index is 13.6. The zero-order chi connectivity index (χ0) is 25.1. The lowest BCUT2D eigenvalue weighted by molar-refractivity contribution is -0.132. The molecular weight excluding hydrogens is 449 g/mol. The molecule has 1 atom stereocenters. The molecule has 0 spiro atoms. The third-order valence-electron chi connectivity index (χ3n) is 5.67. The highest BCUT2D eigenvalue weighted by Gasteiger charge is 2.47. The zero-order valence-corrected chi connectivity index (χ0v) is 19.7. The van der Waals surface area contributed by atoms with E-state index in [1.165, 1.54) is 36.3 Å². The standard InChI is InChI=1S/C28H26FNO5/c1-17(2)16-35-22-13-7-18(8-14-22)26(31)24-25(19-5-4-6-23(15-19)34-3)30(28(33)27(24)32)21-11-9-20(29)10-12-21/h4-15,17,25,31H,16H2,1-3H3/b26-24-. The van der Waals surface area contributed by atoms with E-state index in [-0.39, 0.29) is 11.3 Å². The highest BCUT2D eigenvalue weighted by atomic mass is 19.1.